The number of piperazine rings is 1. The number of hydrogen-bond donors (Lipinski definition) is 0. The van der Waals surface area contributed by atoms with E-state index in [0.717, 1.165) is 16.8 Å². The van der Waals surface area contributed by atoms with Gasteiger partial charge in [-0.2, -0.15) is 4.68 Å². The molecular formula is C25H23N7O3. The minimum absolute atomic E-state index is 0.102. The highest BCUT2D eigenvalue weighted by Crippen LogP contribution is 2.25. The fourth-order valence-electron chi connectivity index (χ4n) is 4.36. The molecule has 0 spiro atoms. The molecule has 0 N–H and O–H groups in total. The van der Waals surface area contributed by atoms with E-state index < -0.39 is 0 Å². The predicted molar refractivity (Wildman–Crippen MR) is 130 cm³/mol. The Balaban J connectivity index is 1.20. The maximum atomic E-state index is 13.0. The fraction of sp³-hybridized carbons (Fsp3) is 0.240. The Bertz CT molecular complexity index is 1470. The highest BCUT2D eigenvalue weighted by Gasteiger charge is 2.27. The molecule has 5 aromatic rings. The lowest BCUT2D eigenvalue weighted by Crippen LogP contribution is -2.49. The van der Waals surface area contributed by atoms with E-state index in [1.165, 1.54) is 6.33 Å². The second-order valence-corrected chi connectivity index (χ2v) is 8.23. The van der Waals surface area contributed by atoms with Crippen molar-refractivity contribution in [2.75, 3.05) is 37.7 Å². The number of rotatable bonds is 5. The molecule has 1 aliphatic heterocycles. The van der Waals surface area contributed by atoms with E-state index in [1.54, 1.807) is 10.7 Å². The first-order chi connectivity index (χ1) is 17.2. The fourth-order valence-corrected chi connectivity index (χ4v) is 4.36. The van der Waals surface area contributed by atoms with Crippen LogP contribution in [0.4, 0.5) is 5.82 Å². The van der Waals surface area contributed by atoms with Crippen LogP contribution in [0.25, 0.3) is 27.8 Å². The van der Waals surface area contributed by atoms with E-state index in [0.29, 0.717) is 61.1 Å². The highest BCUT2D eigenvalue weighted by molar-refractivity contribution is 5.96. The molecule has 35 heavy (non-hydrogen) atoms. The minimum atomic E-state index is -0.102. The Morgan fingerprint density at radius 2 is 1.83 bits per heavy atom. The van der Waals surface area contributed by atoms with Crippen molar-refractivity contribution in [1.29, 1.82) is 0 Å². The predicted octanol–water partition coefficient (Wildman–Crippen LogP) is 3.32. The number of ether oxygens (including phenoxy) is 1. The van der Waals surface area contributed by atoms with Crippen molar-refractivity contribution in [2.24, 2.45) is 0 Å². The molecule has 0 aliphatic carbocycles. The van der Waals surface area contributed by atoms with Crippen molar-refractivity contribution >= 4 is 33.9 Å². The van der Waals surface area contributed by atoms with Gasteiger partial charge in [0, 0.05) is 31.6 Å². The smallest absolute Gasteiger partial charge is 0.289 e. The monoisotopic (exact) mass is 469 g/mol. The Labute approximate surface area is 200 Å². The van der Waals surface area contributed by atoms with Crippen molar-refractivity contribution in [2.45, 2.75) is 6.92 Å². The molecule has 10 heteroatoms. The average Bonchev–Trinajstić information content (AvgIpc) is 3.54. The molecule has 0 radical (unpaired) electrons. The van der Waals surface area contributed by atoms with Crippen LogP contribution in [0.15, 0.2) is 65.3 Å². The van der Waals surface area contributed by atoms with Crippen LogP contribution in [-0.4, -0.2) is 68.6 Å². The first-order valence-electron chi connectivity index (χ1n) is 11.5. The van der Waals surface area contributed by atoms with Crippen LogP contribution >= 0.6 is 0 Å². The molecule has 1 fully saturated rings. The molecule has 1 saturated heterocycles. The first kappa shape index (κ1) is 21.1. The summed E-state index contributed by atoms with van der Waals surface area (Å²) in [5.41, 5.74) is 2.80. The van der Waals surface area contributed by atoms with Crippen molar-refractivity contribution in [1.82, 2.24) is 29.9 Å². The summed E-state index contributed by atoms with van der Waals surface area (Å²) in [5, 5.41) is 9.62. The van der Waals surface area contributed by atoms with Gasteiger partial charge in [0.05, 0.1) is 12.3 Å². The van der Waals surface area contributed by atoms with Crippen LogP contribution in [0.5, 0.6) is 5.75 Å². The molecular weight excluding hydrogens is 446 g/mol. The number of amides is 1. The molecule has 3 aromatic heterocycles. The van der Waals surface area contributed by atoms with Gasteiger partial charge in [-0.15, -0.1) is 5.10 Å². The molecule has 4 heterocycles. The Morgan fingerprint density at radius 1 is 1.03 bits per heavy atom. The summed E-state index contributed by atoms with van der Waals surface area (Å²) in [7, 11) is 0. The van der Waals surface area contributed by atoms with E-state index in [9.17, 15) is 4.79 Å². The molecule has 6 rings (SSSR count). The third kappa shape index (κ3) is 3.82. The number of fused-ring (bicyclic) bond motifs is 2. The van der Waals surface area contributed by atoms with Crippen LogP contribution in [0, 0.1) is 0 Å². The lowest BCUT2D eigenvalue weighted by atomic mass is 10.2. The zero-order chi connectivity index (χ0) is 23.8. The first-order valence-corrected chi connectivity index (χ1v) is 11.5. The number of hydrogen-bond acceptors (Lipinski definition) is 8. The number of carbonyl (C=O) groups is 1. The van der Waals surface area contributed by atoms with Gasteiger partial charge in [0.15, 0.2) is 22.7 Å². The largest absolute Gasteiger partial charge is 0.494 e. The number of carbonyl (C=O) groups excluding carboxylic acids is 1. The number of furan rings is 1. The number of aromatic nitrogens is 5. The quantitative estimate of drug-likeness (QED) is 0.386. The van der Waals surface area contributed by atoms with Crippen LogP contribution in [0.1, 0.15) is 17.5 Å². The summed E-state index contributed by atoms with van der Waals surface area (Å²) in [6, 6.07) is 17.1. The number of para-hydroxylation sites is 1. The van der Waals surface area contributed by atoms with Gasteiger partial charge in [-0.3, -0.25) is 4.79 Å². The lowest BCUT2D eigenvalue weighted by Gasteiger charge is -2.34. The molecule has 176 valence electrons. The summed E-state index contributed by atoms with van der Waals surface area (Å²) >= 11 is 0. The summed E-state index contributed by atoms with van der Waals surface area (Å²) < 4.78 is 13.0. The number of nitrogens with zero attached hydrogens (tertiary/aromatic N) is 7. The lowest BCUT2D eigenvalue weighted by molar-refractivity contribution is 0.0717. The van der Waals surface area contributed by atoms with Gasteiger partial charge in [0.25, 0.3) is 5.91 Å². The minimum Gasteiger partial charge on any atom is -0.494 e. The van der Waals surface area contributed by atoms with E-state index in [1.807, 2.05) is 60.4 Å². The molecule has 0 bridgehead atoms. The summed E-state index contributed by atoms with van der Waals surface area (Å²) in [5.74, 6) is 1.77. The van der Waals surface area contributed by atoms with Gasteiger partial charge in [0.2, 0.25) is 0 Å². The molecule has 1 amide bonds. The van der Waals surface area contributed by atoms with Crippen LogP contribution in [-0.2, 0) is 0 Å². The molecule has 0 unspecified atom stereocenters. The zero-order valence-corrected chi connectivity index (χ0v) is 19.2. The van der Waals surface area contributed by atoms with Gasteiger partial charge in [-0.25, -0.2) is 9.97 Å². The van der Waals surface area contributed by atoms with E-state index in [-0.39, 0.29) is 5.91 Å². The highest BCUT2D eigenvalue weighted by atomic mass is 16.5. The van der Waals surface area contributed by atoms with Gasteiger partial charge in [-0.1, -0.05) is 23.4 Å². The van der Waals surface area contributed by atoms with Gasteiger partial charge in [0.1, 0.15) is 17.7 Å². The third-order valence-corrected chi connectivity index (χ3v) is 6.11. The Kier molecular flexibility index (Phi) is 5.25. The Hall–Kier alpha value is -4.47. The van der Waals surface area contributed by atoms with E-state index >= 15 is 0 Å². The molecule has 0 atom stereocenters. The van der Waals surface area contributed by atoms with Gasteiger partial charge in [-0.05, 0) is 43.3 Å². The number of benzene rings is 2. The summed E-state index contributed by atoms with van der Waals surface area (Å²) in [6.07, 6.45) is 1.53. The maximum Gasteiger partial charge on any atom is 0.289 e. The topological polar surface area (TPSA) is 102 Å². The van der Waals surface area contributed by atoms with Crippen molar-refractivity contribution in [3.8, 4) is 11.4 Å². The standard InChI is InChI=1S/C25H23N7O3/c1-2-34-19-9-7-18(8-10-19)32-24-22(28-29-32)23(26-16-27-24)30-11-13-31(14-12-30)25(33)21-15-17-5-3-4-6-20(17)35-21/h3-10,15-16H,2,11-14H2,1H3. The van der Waals surface area contributed by atoms with Crippen LogP contribution < -0.4 is 9.64 Å². The summed E-state index contributed by atoms with van der Waals surface area (Å²) in [4.78, 5) is 25.8. The van der Waals surface area contributed by atoms with Gasteiger partial charge < -0.3 is 19.0 Å². The van der Waals surface area contributed by atoms with E-state index in [4.69, 9.17) is 9.15 Å². The molecule has 10 nitrogen and oxygen atoms in total. The number of anilines is 1. The average molecular weight is 470 g/mol. The van der Waals surface area contributed by atoms with Gasteiger partial charge >= 0.3 is 0 Å². The molecule has 1 aliphatic rings. The maximum absolute atomic E-state index is 13.0. The summed E-state index contributed by atoms with van der Waals surface area (Å²) in [6.45, 7) is 4.90. The van der Waals surface area contributed by atoms with Crippen molar-refractivity contribution < 1.29 is 13.9 Å². The zero-order valence-electron chi connectivity index (χ0n) is 19.2. The molecule has 2 aromatic carbocycles. The SMILES string of the molecule is CCOc1ccc(-n2nnc3c(N4CCN(C(=O)c5cc6ccccc6o5)CC4)ncnc32)cc1. The van der Waals surface area contributed by atoms with Crippen LogP contribution in [0.2, 0.25) is 0 Å². The normalized spacial score (nSPS) is 14.1. The van der Waals surface area contributed by atoms with Crippen LogP contribution in [0.3, 0.4) is 0 Å². The van der Waals surface area contributed by atoms with Crippen molar-refractivity contribution in [3.63, 3.8) is 0 Å². The molecule has 0 saturated carbocycles. The Morgan fingerprint density at radius 3 is 2.60 bits per heavy atom. The van der Waals surface area contributed by atoms with Crippen molar-refractivity contribution in [3.05, 3.63) is 66.7 Å². The second kappa shape index (κ2) is 8.71. The second-order valence-electron chi connectivity index (χ2n) is 8.23. The van der Waals surface area contributed by atoms with E-state index in [2.05, 4.69) is 25.2 Å². The third-order valence-electron chi connectivity index (χ3n) is 6.11.